The van der Waals surface area contributed by atoms with Gasteiger partial charge in [0.05, 0.1) is 11.3 Å². The molecule has 0 fully saturated rings. The molecule has 1 heterocycles. The van der Waals surface area contributed by atoms with E-state index < -0.39 is 11.7 Å². The van der Waals surface area contributed by atoms with Gasteiger partial charge in [-0.1, -0.05) is 6.07 Å². The van der Waals surface area contributed by atoms with Crippen molar-refractivity contribution in [3.63, 3.8) is 0 Å². The molecule has 0 aliphatic carbocycles. The van der Waals surface area contributed by atoms with Crippen LogP contribution < -0.4 is 16.5 Å². The van der Waals surface area contributed by atoms with Crippen LogP contribution in [0, 0.1) is 6.92 Å². The predicted octanol–water partition coefficient (Wildman–Crippen LogP) is 2.08. The lowest BCUT2D eigenvalue weighted by Crippen LogP contribution is -2.39. The van der Waals surface area contributed by atoms with E-state index in [1.54, 1.807) is 6.92 Å². The molecule has 4 nitrogen and oxygen atoms in total. The normalized spacial score (nSPS) is 15.7. The second kappa shape index (κ2) is 4.75. The average molecular weight is 261 g/mol. The van der Waals surface area contributed by atoms with E-state index >= 15 is 0 Å². The Morgan fingerprint density at radius 2 is 2.11 bits per heavy atom. The highest BCUT2D eigenvalue weighted by Gasteiger charge is 2.36. The second-order valence-corrected chi connectivity index (χ2v) is 4.17. The smallest absolute Gasteiger partial charge is 0.246 e. The minimum Gasteiger partial charge on any atom is -0.246 e. The SMILES string of the molecule is Cc1ccc(C(F)(F)F)c2c1N(ONN)CCC2. The van der Waals surface area contributed by atoms with Gasteiger partial charge in [0.2, 0.25) is 0 Å². The van der Waals surface area contributed by atoms with Crippen molar-refractivity contribution in [2.24, 2.45) is 5.84 Å². The Kier molecular flexibility index (Phi) is 3.47. The number of hydrogen-bond acceptors (Lipinski definition) is 4. The fraction of sp³-hybridized carbons (Fsp3) is 0.455. The third kappa shape index (κ3) is 2.29. The highest BCUT2D eigenvalue weighted by molar-refractivity contribution is 5.62. The van der Waals surface area contributed by atoms with Crippen molar-refractivity contribution in [1.29, 1.82) is 0 Å². The van der Waals surface area contributed by atoms with Gasteiger partial charge in [-0.25, -0.2) is 10.9 Å². The molecule has 0 saturated carbocycles. The number of nitrogens with one attached hydrogen (secondary N) is 1. The maximum absolute atomic E-state index is 12.9. The van der Waals surface area contributed by atoms with Crippen LogP contribution in [0.1, 0.15) is 23.1 Å². The number of fused-ring (bicyclic) bond motifs is 1. The molecule has 1 aromatic rings. The Morgan fingerprint density at radius 1 is 1.39 bits per heavy atom. The lowest BCUT2D eigenvalue weighted by molar-refractivity contribution is -0.138. The van der Waals surface area contributed by atoms with E-state index in [1.807, 2.05) is 5.59 Å². The third-order valence-corrected chi connectivity index (χ3v) is 2.99. The molecule has 1 aliphatic rings. The molecule has 100 valence electrons. The Hall–Kier alpha value is -1.31. The third-order valence-electron chi connectivity index (χ3n) is 2.99. The van der Waals surface area contributed by atoms with Crippen LogP contribution in [0.3, 0.4) is 0 Å². The summed E-state index contributed by atoms with van der Waals surface area (Å²) >= 11 is 0. The highest BCUT2D eigenvalue weighted by atomic mass is 19.4. The maximum Gasteiger partial charge on any atom is 0.416 e. The van der Waals surface area contributed by atoms with Gasteiger partial charge in [-0.2, -0.15) is 18.1 Å². The number of anilines is 1. The molecule has 0 spiro atoms. The van der Waals surface area contributed by atoms with Gasteiger partial charge in [0, 0.05) is 6.54 Å². The van der Waals surface area contributed by atoms with Crippen LogP contribution in [-0.2, 0) is 17.5 Å². The van der Waals surface area contributed by atoms with Gasteiger partial charge in [-0.3, -0.25) is 0 Å². The molecular formula is C11H14F3N3O. The standard InChI is InChI=1S/C11H14F3N3O/c1-7-4-5-9(11(12,13)14)8-3-2-6-17(10(7)8)18-16-15/h4-5,16H,2-3,6,15H2,1H3. The Balaban J connectivity index is 2.54. The Morgan fingerprint density at radius 3 is 2.72 bits per heavy atom. The number of alkyl halides is 3. The van der Waals surface area contributed by atoms with E-state index in [2.05, 4.69) is 0 Å². The number of hydrazine groups is 1. The van der Waals surface area contributed by atoms with Crippen molar-refractivity contribution >= 4 is 5.69 Å². The van der Waals surface area contributed by atoms with E-state index in [0.717, 1.165) is 11.6 Å². The van der Waals surface area contributed by atoms with Crippen LogP contribution >= 0.6 is 0 Å². The first-order chi connectivity index (χ1) is 8.45. The molecule has 0 atom stereocenters. The number of nitrogens with zero attached hydrogens (tertiary/aromatic N) is 1. The van der Waals surface area contributed by atoms with Crippen LogP contribution in [0.4, 0.5) is 18.9 Å². The molecule has 7 heteroatoms. The summed E-state index contributed by atoms with van der Waals surface area (Å²) in [4.78, 5) is 4.95. The van der Waals surface area contributed by atoms with Crippen LogP contribution in [0.15, 0.2) is 12.1 Å². The minimum absolute atomic E-state index is 0.268. The van der Waals surface area contributed by atoms with Gasteiger partial charge >= 0.3 is 6.18 Å². The largest absolute Gasteiger partial charge is 0.416 e. The van der Waals surface area contributed by atoms with Crippen LogP contribution in [-0.4, -0.2) is 6.54 Å². The first-order valence-corrected chi connectivity index (χ1v) is 5.55. The van der Waals surface area contributed by atoms with E-state index in [4.69, 9.17) is 10.8 Å². The van der Waals surface area contributed by atoms with Crippen LogP contribution in [0.2, 0.25) is 0 Å². The van der Waals surface area contributed by atoms with Gasteiger partial charge in [-0.05, 0) is 37.0 Å². The number of rotatable bonds is 2. The monoisotopic (exact) mass is 261 g/mol. The molecular weight excluding hydrogens is 247 g/mol. The molecule has 0 unspecified atom stereocenters. The lowest BCUT2D eigenvalue weighted by atomic mass is 9.94. The van der Waals surface area contributed by atoms with Crippen molar-refractivity contribution < 1.29 is 18.1 Å². The molecule has 1 aromatic carbocycles. The van der Waals surface area contributed by atoms with Crippen molar-refractivity contribution in [3.05, 3.63) is 28.8 Å². The van der Waals surface area contributed by atoms with E-state index in [9.17, 15) is 13.2 Å². The topological polar surface area (TPSA) is 50.5 Å². The van der Waals surface area contributed by atoms with Crippen LogP contribution in [0.5, 0.6) is 0 Å². The summed E-state index contributed by atoms with van der Waals surface area (Å²) in [5.41, 5.74) is 2.86. The molecule has 18 heavy (non-hydrogen) atoms. The van der Waals surface area contributed by atoms with Gasteiger partial charge in [-0.15, -0.1) is 5.59 Å². The summed E-state index contributed by atoms with van der Waals surface area (Å²) in [6, 6.07) is 2.56. The summed E-state index contributed by atoms with van der Waals surface area (Å²) in [5.74, 6) is 5.05. The fourth-order valence-electron chi connectivity index (χ4n) is 2.29. The van der Waals surface area contributed by atoms with Gasteiger partial charge < -0.3 is 0 Å². The predicted molar refractivity (Wildman–Crippen MR) is 60.3 cm³/mol. The molecule has 2 rings (SSSR count). The summed E-state index contributed by atoms with van der Waals surface area (Å²) in [6.45, 7) is 2.25. The van der Waals surface area contributed by atoms with Crippen molar-refractivity contribution in [2.45, 2.75) is 25.9 Å². The number of nitrogens with two attached hydrogens (primary N) is 1. The van der Waals surface area contributed by atoms with Gasteiger partial charge in [0.15, 0.2) is 0 Å². The molecule has 0 bridgehead atoms. The summed E-state index contributed by atoms with van der Waals surface area (Å²) in [5, 5.41) is 1.36. The van der Waals surface area contributed by atoms with E-state index in [0.29, 0.717) is 25.1 Å². The zero-order valence-corrected chi connectivity index (χ0v) is 9.84. The first kappa shape index (κ1) is 13.1. The molecule has 1 aliphatic heterocycles. The molecule has 3 N–H and O–H groups in total. The van der Waals surface area contributed by atoms with Crippen LogP contribution in [0.25, 0.3) is 0 Å². The molecule has 0 amide bonds. The maximum atomic E-state index is 12.9. The number of hydrogen-bond donors (Lipinski definition) is 2. The number of aryl methyl sites for hydroxylation is 1. The molecule has 0 aromatic heterocycles. The van der Waals surface area contributed by atoms with E-state index in [1.165, 1.54) is 11.1 Å². The zero-order chi connectivity index (χ0) is 13.3. The summed E-state index contributed by atoms with van der Waals surface area (Å²) < 4.78 is 38.8. The minimum atomic E-state index is -4.35. The second-order valence-electron chi connectivity index (χ2n) is 4.17. The number of hydroxylamine groups is 1. The van der Waals surface area contributed by atoms with Crippen molar-refractivity contribution in [3.8, 4) is 0 Å². The Labute approximate surface area is 102 Å². The van der Waals surface area contributed by atoms with Crippen molar-refractivity contribution in [2.75, 3.05) is 11.6 Å². The van der Waals surface area contributed by atoms with E-state index in [-0.39, 0.29) is 5.56 Å². The van der Waals surface area contributed by atoms with Crippen molar-refractivity contribution in [1.82, 2.24) is 5.59 Å². The highest BCUT2D eigenvalue weighted by Crippen LogP contribution is 2.40. The molecule has 0 radical (unpaired) electrons. The Bertz CT molecular complexity index is 448. The zero-order valence-electron chi connectivity index (χ0n) is 9.84. The van der Waals surface area contributed by atoms with Gasteiger partial charge in [0.1, 0.15) is 0 Å². The summed E-state index contributed by atoms with van der Waals surface area (Å²) in [7, 11) is 0. The first-order valence-electron chi connectivity index (χ1n) is 5.55. The lowest BCUT2D eigenvalue weighted by Gasteiger charge is -2.32. The number of halogens is 3. The fourth-order valence-corrected chi connectivity index (χ4v) is 2.29. The quantitative estimate of drug-likeness (QED) is 0.632. The molecule has 0 saturated heterocycles. The summed E-state index contributed by atoms with van der Waals surface area (Å²) in [6.07, 6.45) is -3.38. The van der Waals surface area contributed by atoms with Gasteiger partial charge in [0.25, 0.3) is 0 Å². The number of benzene rings is 1. The average Bonchev–Trinajstić information content (AvgIpc) is 2.28.